The summed E-state index contributed by atoms with van der Waals surface area (Å²) in [6, 6.07) is 1.60. The number of halogens is 4. The third-order valence-electron chi connectivity index (χ3n) is 7.15. The van der Waals surface area contributed by atoms with E-state index >= 15 is 0 Å². The summed E-state index contributed by atoms with van der Waals surface area (Å²) in [6.45, 7) is 5.32. The summed E-state index contributed by atoms with van der Waals surface area (Å²) in [7, 11) is 0. The lowest BCUT2D eigenvalue weighted by atomic mass is 9.80. The summed E-state index contributed by atoms with van der Waals surface area (Å²) >= 11 is 0. The van der Waals surface area contributed by atoms with E-state index in [1.54, 1.807) is 0 Å². The van der Waals surface area contributed by atoms with Crippen molar-refractivity contribution in [3.05, 3.63) is 29.3 Å². The topological polar surface area (TPSA) is 36.9 Å². The van der Waals surface area contributed by atoms with Crippen molar-refractivity contribution in [2.24, 2.45) is 23.7 Å². The van der Waals surface area contributed by atoms with Crippen LogP contribution in [0, 0.1) is 42.2 Å². The molecule has 0 amide bonds. The van der Waals surface area contributed by atoms with Gasteiger partial charge < -0.3 is 18.9 Å². The van der Waals surface area contributed by atoms with E-state index in [1.807, 2.05) is 0 Å². The van der Waals surface area contributed by atoms with Crippen LogP contribution in [0.2, 0.25) is 0 Å². The Morgan fingerprint density at radius 3 is 2.03 bits per heavy atom. The van der Waals surface area contributed by atoms with Crippen molar-refractivity contribution in [2.75, 3.05) is 19.8 Å². The lowest BCUT2D eigenvalue weighted by Gasteiger charge is -2.41. The fraction of sp³-hybridized carbons (Fsp3) is 0.750. The molecule has 2 unspecified atom stereocenters. The number of hydrogen-bond acceptors (Lipinski definition) is 4. The Kier molecular flexibility index (Phi) is 7.32. The van der Waals surface area contributed by atoms with E-state index < -0.39 is 29.4 Å². The molecule has 0 aromatic heterocycles. The van der Waals surface area contributed by atoms with Crippen molar-refractivity contribution in [1.29, 1.82) is 0 Å². The van der Waals surface area contributed by atoms with Crippen LogP contribution in [0.3, 0.4) is 0 Å². The van der Waals surface area contributed by atoms with E-state index in [-0.39, 0.29) is 42.6 Å². The third-order valence-corrected chi connectivity index (χ3v) is 7.15. The zero-order valence-corrected chi connectivity index (χ0v) is 18.6. The number of alkyl halides is 2. The van der Waals surface area contributed by atoms with E-state index in [0.717, 1.165) is 31.6 Å². The van der Waals surface area contributed by atoms with Gasteiger partial charge >= 0.3 is 6.11 Å². The summed E-state index contributed by atoms with van der Waals surface area (Å²) in [5, 5.41) is 0. The van der Waals surface area contributed by atoms with Crippen LogP contribution in [-0.2, 0) is 14.2 Å². The average Bonchev–Trinajstić information content (AvgIpc) is 2.78. The lowest BCUT2D eigenvalue weighted by Crippen LogP contribution is -2.45. The zero-order valence-electron chi connectivity index (χ0n) is 18.6. The maximum absolute atomic E-state index is 14.7. The maximum Gasteiger partial charge on any atom is 0.400 e. The van der Waals surface area contributed by atoms with Crippen LogP contribution in [0.5, 0.6) is 5.75 Å². The average molecular weight is 461 g/mol. The Morgan fingerprint density at radius 2 is 1.47 bits per heavy atom. The predicted octanol–water partition coefficient (Wildman–Crippen LogP) is 5.86. The van der Waals surface area contributed by atoms with Gasteiger partial charge in [-0.15, -0.1) is 0 Å². The fourth-order valence-electron chi connectivity index (χ4n) is 4.94. The molecule has 2 saturated heterocycles. The smallest absolute Gasteiger partial charge is 0.400 e. The monoisotopic (exact) mass is 460 g/mol. The van der Waals surface area contributed by atoms with Gasteiger partial charge in [-0.1, -0.05) is 6.92 Å². The summed E-state index contributed by atoms with van der Waals surface area (Å²) in [5.74, 6) is -2.49. The van der Waals surface area contributed by atoms with Crippen LogP contribution >= 0.6 is 0 Å². The molecule has 3 aliphatic rings. The number of rotatable bonds is 5. The highest BCUT2D eigenvalue weighted by atomic mass is 19.3. The summed E-state index contributed by atoms with van der Waals surface area (Å²) in [6.07, 6.45) is -0.0752. The Bertz CT molecular complexity index is 742. The molecule has 2 heterocycles. The van der Waals surface area contributed by atoms with Gasteiger partial charge in [-0.05, 0) is 51.4 Å². The van der Waals surface area contributed by atoms with Gasteiger partial charge in [0.25, 0.3) is 0 Å². The van der Waals surface area contributed by atoms with E-state index in [0.29, 0.717) is 32.0 Å². The molecule has 0 bridgehead atoms. The Balaban J connectivity index is 1.25. The summed E-state index contributed by atoms with van der Waals surface area (Å²) < 4.78 is 79.3. The van der Waals surface area contributed by atoms with Crippen molar-refractivity contribution in [1.82, 2.24) is 0 Å². The minimum absolute atomic E-state index is 0.0459. The second-order valence-corrected chi connectivity index (χ2v) is 9.64. The second kappa shape index (κ2) is 9.85. The molecule has 32 heavy (non-hydrogen) atoms. The molecule has 8 heteroatoms. The van der Waals surface area contributed by atoms with Crippen molar-refractivity contribution in [3.63, 3.8) is 0 Å². The molecule has 1 aliphatic carbocycles. The molecule has 1 aromatic rings. The molecule has 1 aromatic carbocycles. The van der Waals surface area contributed by atoms with Crippen molar-refractivity contribution in [3.8, 4) is 5.75 Å². The molecule has 1 saturated carbocycles. The van der Waals surface area contributed by atoms with Gasteiger partial charge in [0.1, 0.15) is 17.4 Å². The largest absolute Gasteiger partial charge is 0.432 e. The van der Waals surface area contributed by atoms with Gasteiger partial charge in [0.15, 0.2) is 6.29 Å². The molecule has 4 rings (SSSR count). The maximum atomic E-state index is 14.7. The highest BCUT2D eigenvalue weighted by Crippen LogP contribution is 2.42. The fourth-order valence-corrected chi connectivity index (χ4v) is 4.94. The number of hydrogen-bond donors (Lipinski definition) is 0. The van der Waals surface area contributed by atoms with Crippen LogP contribution in [0.4, 0.5) is 17.6 Å². The van der Waals surface area contributed by atoms with Gasteiger partial charge in [0.2, 0.25) is 0 Å². The first-order chi connectivity index (χ1) is 15.2. The quantitative estimate of drug-likeness (QED) is 0.516. The van der Waals surface area contributed by atoms with Crippen LogP contribution < -0.4 is 4.74 Å². The van der Waals surface area contributed by atoms with E-state index in [4.69, 9.17) is 18.9 Å². The van der Waals surface area contributed by atoms with E-state index in [1.165, 1.54) is 6.92 Å². The Labute approximate surface area is 186 Å². The van der Waals surface area contributed by atoms with E-state index in [2.05, 4.69) is 6.92 Å². The molecular weight excluding hydrogens is 428 g/mol. The minimum Gasteiger partial charge on any atom is -0.432 e. The van der Waals surface area contributed by atoms with Crippen molar-refractivity contribution in [2.45, 2.75) is 70.9 Å². The van der Waals surface area contributed by atoms with Gasteiger partial charge in [0, 0.05) is 36.1 Å². The highest BCUT2D eigenvalue weighted by Gasteiger charge is 2.46. The van der Waals surface area contributed by atoms with Crippen LogP contribution in [0.25, 0.3) is 0 Å². The molecule has 0 radical (unpaired) electrons. The molecule has 4 nitrogen and oxygen atoms in total. The molecule has 180 valence electrons. The first-order valence-corrected chi connectivity index (χ1v) is 11.6. The van der Waals surface area contributed by atoms with E-state index in [9.17, 15) is 17.6 Å². The Hall–Kier alpha value is -1.38. The van der Waals surface area contributed by atoms with Gasteiger partial charge in [0.05, 0.1) is 25.2 Å². The van der Waals surface area contributed by atoms with Crippen LogP contribution in [0.1, 0.15) is 51.0 Å². The van der Waals surface area contributed by atoms with Crippen LogP contribution in [0.15, 0.2) is 12.1 Å². The number of ether oxygens (including phenoxy) is 4. The molecule has 2 atom stereocenters. The van der Waals surface area contributed by atoms with Crippen LogP contribution in [-0.4, -0.2) is 38.3 Å². The lowest BCUT2D eigenvalue weighted by molar-refractivity contribution is -0.257. The highest BCUT2D eigenvalue weighted by molar-refractivity contribution is 5.30. The van der Waals surface area contributed by atoms with Crippen molar-refractivity contribution >= 4 is 0 Å². The second-order valence-electron chi connectivity index (χ2n) is 9.64. The summed E-state index contributed by atoms with van der Waals surface area (Å²) in [4.78, 5) is 0. The van der Waals surface area contributed by atoms with Gasteiger partial charge in [-0.25, -0.2) is 8.78 Å². The third kappa shape index (κ3) is 5.39. The molecule has 3 fully saturated rings. The molecule has 2 aliphatic heterocycles. The van der Waals surface area contributed by atoms with Gasteiger partial charge in [-0.2, -0.15) is 8.78 Å². The molecular formula is C24H32F4O4. The number of benzene rings is 1. The summed E-state index contributed by atoms with van der Waals surface area (Å²) in [5.41, 5.74) is -0.222. The molecule has 0 spiro atoms. The zero-order chi connectivity index (χ0) is 22.9. The normalized spacial score (nSPS) is 34.3. The van der Waals surface area contributed by atoms with Crippen molar-refractivity contribution < 1.29 is 36.5 Å². The SMILES string of the molecule is Cc1c(F)cc(OC(F)(F)C2CCC(C3OCC(C4CCC(C)CO4)CO3)CC2)cc1F. The minimum atomic E-state index is -3.51. The standard InChI is InChI=1S/C24H32F4O4/c1-14-3-8-22(29-11-14)17-12-30-23(31-13-17)16-4-6-18(7-5-16)24(27,28)32-19-9-20(25)15(2)21(26)10-19/h9-10,14,16-18,22-23H,3-8,11-13H2,1-2H3. The first-order valence-electron chi connectivity index (χ1n) is 11.6. The molecule has 0 N–H and O–H groups in total. The predicted molar refractivity (Wildman–Crippen MR) is 109 cm³/mol. The van der Waals surface area contributed by atoms with Gasteiger partial charge in [-0.3, -0.25) is 0 Å². The Morgan fingerprint density at radius 1 is 0.844 bits per heavy atom. The first kappa shape index (κ1) is 23.8.